The molecule has 1 fully saturated rings. The van der Waals surface area contributed by atoms with Gasteiger partial charge in [0.05, 0.1) is 11.7 Å². The predicted octanol–water partition coefficient (Wildman–Crippen LogP) is 6.55. The molecular weight excluding hydrogens is 555 g/mol. The van der Waals surface area contributed by atoms with Crippen molar-refractivity contribution in [3.05, 3.63) is 106 Å². The van der Waals surface area contributed by atoms with E-state index in [9.17, 15) is 9.18 Å². The van der Waals surface area contributed by atoms with Crippen molar-refractivity contribution in [2.75, 3.05) is 11.9 Å². The fourth-order valence-electron chi connectivity index (χ4n) is 4.47. The van der Waals surface area contributed by atoms with Crippen LogP contribution in [0.15, 0.2) is 87.9 Å². The number of furan rings is 1. The van der Waals surface area contributed by atoms with Crippen molar-refractivity contribution in [2.24, 2.45) is 0 Å². The molecule has 2 atom stereocenters. The van der Waals surface area contributed by atoms with E-state index in [2.05, 4.69) is 31.5 Å². The summed E-state index contributed by atoms with van der Waals surface area (Å²) < 4.78 is 20.5. The number of benzene rings is 2. The third-order valence-electron chi connectivity index (χ3n) is 6.19. The van der Waals surface area contributed by atoms with E-state index < -0.39 is 0 Å². The van der Waals surface area contributed by atoms with Crippen LogP contribution in [0.25, 0.3) is 11.3 Å². The summed E-state index contributed by atoms with van der Waals surface area (Å²) in [7, 11) is 0. The molecule has 2 aromatic carbocycles. The Balaban J connectivity index is 1.41. The van der Waals surface area contributed by atoms with Crippen LogP contribution in [-0.4, -0.2) is 27.4 Å². The Labute approximate surface area is 228 Å². The number of rotatable bonds is 7. The van der Waals surface area contributed by atoms with Crippen molar-refractivity contribution in [3.8, 4) is 11.3 Å². The summed E-state index contributed by atoms with van der Waals surface area (Å²) in [5.74, 6) is 0.812. The molecule has 188 valence electrons. The Morgan fingerprint density at radius 3 is 2.78 bits per heavy atom. The van der Waals surface area contributed by atoms with Gasteiger partial charge in [-0.15, -0.1) is 0 Å². The number of pyridine rings is 1. The van der Waals surface area contributed by atoms with Crippen LogP contribution in [0, 0.1) is 12.7 Å². The molecule has 2 aromatic heterocycles. The van der Waals surface area contributed by atoms with Crippen LogP contribution in [-0.2, 0) is 4.79 Å². The van der Waals surface area contributed by atoms with Crippen molar-refractivity contribution in [3.63, 3.8) is 0 Å². The lowest BCUT2D eigenvalue weighted by molar-refractivity contribution is -0.116. The molecule has 4 aromatic rings. The van der Waals surface area contributed by atoms with Gasteiger partial charge in [0.2, 0.25) is 5.91 Å². The van der Waals surface area contributed by atoms with Gasteiger partial charge in [0, 0.05) is 34.9 Å². The summed E-state index contributed by atoms with van der Waals surface area (Å²) in [4.78, 5) is 19.3. The van der Waals surface area contributed by atoms with E-state index >= 15 is 0 Å². The van der Waals surface area contributed by atoms with Gasteiger partial charge >= 0.3 is 0 Å². The minimum atomic E-state index is -0.335. The Morgan fingerprint density at radius 1 is 1.16 bits per heavy atom. The molecule has 0 saturated carbocycles. The molecule has 0 unspecified atom stereocenters. The van der Waals surface area contributed by atoms with Crippen LogP contribution in [0.4, 0.5) is 10.1 Å². The summed E-state index contributed by atoms with van der Waals surface area (Å²) >= 11 is 9.11. The SMILES string of the molecule is Cc1cccc(NC(=O)CCN2C(=S)N[C@@H](c3ccccn3)[C@@H]2c2ccc(-c3ccc(F)cc3Br)o2)c1. The smallest absolute Gasteiger partial charge is 0.226 e. The molecule has 1 aliphatic heterocycles. The number of carbonyl (C=O) groups excluding carboxylic acids is 1. The molecule has 0 aliphatic carbocycles. The maximum absolute atomic E-state index is 13.6. The summed E-state index contributed by atoms with van der Waals surface area (Å²) in [6.45, 7) is 2.36. The van der Waals surface area contributed by atoms with E-state index in [4.69, 9.17) is 16.6 Å². The molecular formula is C28H24BrFN4O2S. The van der Waals surface area contributed by atoms with Crippen molar-refractivity contribution in [1.82, 2.24) is 15.2 Å². The monoisotopic (exact) mass is 578 g/mol. The Hall–Kier alpha value is -3.56. The number of halogens is 2. The number of nitrogens with one attached hydrogen (secondary N) is 2. The van der Waals surface area contributed by atoms with Crippen molar-refractivity contribution in [1.29, 1.82) is 0 Å². The number of hydrogen-bond acceptors (Lipinski definition) is 4. The minimum absolute atomic E-state index is 0.108. The van der Waals surface area contributed by atoms with E-state index in [1.807, 2.05) is 66.4 Å². The molecule has 2 N–H and O–H groups in total. The molecule has 0 spiro atoms. The number of amides is 1. The van der Waals surface area contributed by atoms with E-state index in [1.54, 1.807) is 12.3 Å². The average Bonchev–Trinajstić information content (AvgIpc) is 3.47. The van der Waals surface area contributed by atoms with Crippen LogP contribution in [0.5, 0.6) is 0 Å². The second-order valence-corrected chi connectivity index (χ2v) is 10.1. The zero-order valence-electron chi connectivity index (χ0n) is 19.9. The number of aryl methyl sites for hydroxylation is 1. The van der Waals surface area contributed by atoms with Crippen LogP contribution >= 0.6 is 28.1 Å². The van der Waals surface area contributed by atoms with Gasteiger partial charge in [-0.2, -0.15) is 0 Å². The first kappa shape index (κ1) is 25.1. The third-order valence-corrected chi connectivity index (χ3v) is 7.20. The van der Waals surface area contributed by atoms with Gasteiger partial charge in [-0.1, -0.05) is 18.2 Å². The highest BCUT2D eigenvalue weighted by atomic mass is 79.9. The summed E-state index contributed by atoms with van der Waals surface area (Å²) in [6.07, 6.45) is 1.97. The second-order valence-electron chi connectivity index (χ2n) is 8.81. The lowest BCUT2D eigenvalue weighted by Gasteiger charge is -2.25. The number of nitrogens with zero attached hydrogens (tertiary/aromatic N) is 2. The van der Waals surface area contributed by atoms with E-state index in [-0.39, 0.29) is 30.2 Å². The normalized spacial score (nSPS) is 17.1. The zero-order valence-corrected chi connectivity index (χ0v) is 22.4. The van der Waals surface area contributed by atoms with Crippen LogP contribution in [0.2, 0.25) is 0 Å². The van der Waals surface area contributed by atoms with Gasteiger partial charge in [-0.05, 0) is 95.2 Å². The van der Waals surface area contributed by atoms with Gasteiger partial charge in [-0.3, -0.25) is 9.78 Å². The molecule has 0 radical (unpaired) electrons. The maximum Gasteiger partial charge on any atom is 0.226 e. The van der Waals surface area contributed by atoms with E-state index in [0.29, 0.717) is 27.7 Å². The van der Waals surface area contributed by atoms with Crippen LogP contribution in [0.1, 0.15) is 35.5 Å². The molecule has 5 rings (SSSR count). The third kappa shape index (κ3) is 5.57. The zero-order chi connectivity index (χ0) is 25.9. The first-order valence-electron chi connectivity index (χ1n) is 11.8. The quantitative estimate of drug-likeness (QED) is 0.242. The van der Waals surface area contributed by atoms with E-state index in [0.717, 1.165) is 22.5 Å². The van der Waals surface area contributed by atoms with Crippen molar-refractivity contribution in [2.45, 2.75) is 25.4 Å². The lowest BCUT2D eigenvalue weighted by Crippen LogP contribution is -2.32. The van der Waals surface area contributed by atoms with Gasteiger partial charge in [0.25, 0.3) is 0 Å². The number of hydrogen-bond donors (Lipinski definition) is 2. The standard InChI is InChI=1S/C28H24BrFN4O2S/c1-17-5-4-6-19(15-17)32-25(35)12-14-34-27(26(33-28(34)37)22-7-2-3-13-31-22)24-11-10-23(36-24)20-9-8-18(30)16-21(20)29/h2-11,13,15-16,26-27H,12,14H2,1H3,(H,32,35)(H,33,37)/t26-,27-/m0/s1. The van der Waals surface area contributed by atoms with Gasteiger partial charge in [0.1, 0.15) is 23.4 Å². The number of thiocarbonyl (C=S) groups is 1. The molecule has 3 heterocycles. The first-order valence-corrected chi connectivity index (χ1v) is 13.0. The molecule has 1 aliphatic rings. The summed E-state index contributed by atoms with van der Waals surface area (Å²) in [5, 5.41) is 6.83. The van der Waals surface area contributed by atoms with Crippen molar-refractivity contribution >= 4 is 44.9 Å². The second kappa shape index (κ2) is 10.8. The largest absolute Gasteiger partial charge is 0.459 e. The molecule has 37 heavy (non-hydrogen) atoms. The highest BCUT2D eigenvalue weighted by molar-refractivity contribution is 9.10. The fourth-order valence-corrected chi connectivity index (χ4v) is 5.35. The Kier molecular flexibility index (Phi) is 7.34. The molecule has 0 bridgehead atoms. The minimum Gasteiger partial charge on any atom is -0.459 e. The maximum atomic E-state index is 13.6. The van der Waals surface area contributed by atoms with Gasteiger partial charge in [-0.25, -0.2) is 4.39 Å². The molecule has 1 amide bonds. The first-order chi connectivity index (χ1) is 17.9. The molecule has 6 nitrogen and oxygen atoms in total. The van der Waals surface area contributed by atoms with Gasteiger partial charge in [0.15, 0.2) is 5.11 Å². The topological polar surface area (TPSA) is 70.4 Å². The number of anilines is 1. The Morgan fingerprint density at radius 2 is 2.03 bits per heavy atom. The summed E-state index contributed by atoms with van der Waals surface area (Å²) in [6, 6.07) is 21.0. The fraction of sp³-hybridized carbons (Fsp3) is 0.179. The number of carbonyl (C=O) groups is 1. The molecule has 9 heteroatoms. The van der Waals surface area contributed by atoms with Gasteiger partial charge < -0.3 is 20.0 Å². The Bertz CT molecular complexity index is 1450. The molecule has 1 saturated heterocycles. The average molecular weight is 579 g/mol. The predicted molar refractivity (Wildman–Crippen MR) is 148 cm³/mol. The van der Waals surface area contributed by atoms with Crippen molar-refractivity contribution < 1.29 is 13.6 Å². The highest BCUT2D eigenvalue weighted by Gasteiger charge is 2.41. The summed E-state index contributed by atoms with van der Waals surface area (Å²) in [5.41, 5.74) is 3.38. The number of aromatic nitrogens is 1. The van der Waals surface area contributed by atoms with E-state index in [1.165, 1.54) is 12.1 Å². The van der Waals surface area contributed by atoms with Crippen LogP contribution < -0.4 is 10.6 Å². The lowest BCUT2D eigenvalue weighted by atomic mass is 10.0. The highest BCUT2D eigenvalue weighted by Crippen LogP contribution is 2.41. The van der Waals surface area contributed by atoms with Crippen LogP contribution in [0.3, 0.4) is 0 Å².